The third-order valence-corrected chi connectivity index (χ3v) is 5.86. The van der Waals surface area contributed by atoms with E-state index in [4.69, 9.17) is 0 Å². The molecule has 2 aromatic rings. The molecule has 0 saturated carbocycles. The zero-order valence-electron chi connectivity index (χ0n) is 14.1. The molecule has 0 heterocycles. The SMILES string of the molecule is O=S(CCC(CCc1cc(F)ccc1F)NSC(F)(F)F)c1ccccc1. The van der Waals surface area contributed by atoms with Crippen molar-refractivity contribution in [2.75, 3.05) is 5.75 Å². The van der Waals surface area contributed by atoms with Gasteiger partial charge >= 0.3 is 5.51 Å². The molecule has 2 unspecified atom stereocenters. The quantitative estimate of drug-likeness (QED) is 0.443. The Morgan fingerprint density at radius 3 is 2.41 bits per heavy atom. The van der Waals surface area contributed by atoms with Crippen LogP contribution in [0.4, 0.5) is 22.0 Å². The van der Waals surface area contributed by atoms with Crippen LogP contribution in [-0.2, 0) is 17.2 Å². The molecule has 0 aliphatic carbocycles. The number of hydrogen-bond acceptors (Lipinski definition) is 3. The molecule has 2 aromatic carbocycles. The molecule has 27 heavy (non-hydrogen) atoms. The van der Waals surface area contributed by atoms with Crippen LogP contribution in [0.3, 0.4) is 0 Å². The summed E-state index contributed by atoms with van der Waals surface area (Å²) in [6.45, 7) is 0. The van der Waals surface area contributed by atoms with E-state index in [1.54, 1.807) is 30.3 Å². The Kier molecular flexibility index (Phi) is 8.25. The summed E-state index contributed by atoms with van der Waals surface area (Å²) in [5.74, 6) is -1.05. The summed E-state index contributed by atoms with van der Waals surface area (Å²) < 4.78 is 79.0. The molecule has 0 spiro atoms. The second kappa shape index (κ2) is 10.2. The largest absolute Gasteiger partial charge is 0.456 e. The average molecular weight is 423 g/mol. The van der Waals surface area contributed by atoms with Gasteiger partial charge in [-0.3, -0.25) is 8.93 Å². The molecule has 0 radical (unpaired) electrons. The standard InChI is InChI=1S/C18H18F5NOS2/c19-14-7-9-17(20)13(12-14)6-8-15(24-26-18(21,22)23)10-11-27(25)16-4-2-1-3-5-16/h1-5,7,9,12,15,24H,6,8,10-11H2. The van der Waals surface area contributed by atoms with Gasteiger partial charge in [-0.1, -0.05) is 18.2 Å². The lowest BCUT2D eigenvalue weighted by Gasteiger charge is -2.19. The van der Waals surface area contributed by atoms with Crippen LogP contribution in [0.15, 0.2) is 53.4 Å². The fourth-order valence-corrected chi connectivity index (χ4v) is 4.15. The topological polar surface area (TPSA) is 29.1 Å². The van der Waals surface area contributed by atoms with E-state index in [1.807, 2.05) is 0 Å². The summed E-state index contributed by atoms with van der Waals surface area (Å²) in [4.78, 5) is 0.593. The average Bonchev–Trinajstić information content (AvgIpc) is 2.63. The Labute approximate surface area is 161 Å². The second-order valence-corrected chi connectivity index (χ2v) is 8.26. The van der Waals surface area contributed by atoms with E-state index in [9.17, 15) is 26.2 Å². The van der Waals surface area contributed by atoms with Crippen molar-refractivity contribution in [3.05, 3.63) is 65.7 Å². The first-order valence-corrected chi connectivity index (χ1v) is 10.3. The van der Waals surface area contributed by atoms with E-state index in [0.29, 0.717) is 4.90 Å². The maximum atomic E-state index is 13.7. The fraction of sp³-hybridized carbons (Fsp3) is 0.333. The minimum absolute atomic E-state index is 0.0671. The van der Waals surface area contributed by atoms with Gasteiger partial charge in [0, 0.05) is 28.6 Å². The minimum atomic E-state index is -4.47. The van der Waals surface area contributed by atoms with Gasteiger partial charge in [-0.2, -0.15) is 13.2 Å². The number of halogens is 5. The lowest BCUT2D eigenvalue weighted by atomic mass is 10.0. The minimum Gasteiger partial charge on any atom is -0.254 e. The molecule has 0 amide bonds. The molecule has 0 fully saturated rings. The van der Waals surface area contributed by atoms with Crippen LogP contribution >= 0.6 is 11.9 Å². The van der Waals surface area contributed by atoms with E-state index in [1.165, 1.54) is 0 Å². The zero-order chi connectivity index (χ0) is 19.9. The van der Waals surface area contributed by atoms with Crippen LogP contribution in [0.1, 0.15) is 18.4 Å². The van der Waals surface area contributed by atoms with Gasteiger partial charge in [0.25, 0.3) is 0 Å². The number of aryl methyl sites for hydroxylation is 1. The van der Waals surface area contributed by atoms with Crippen molar-refractivity contribution >= 4 is 22.7 Å². The number of alkyl halides is 3. The van der Waals surface area contributed by atoms with Crippen LogP contribution in [-0.4, -0.2) is 21.5 Å². The van der Waals surface area contributed by atoms with E-state index in [2.05, 4.69) is 4.72 Å². The summed E-state index contributed by atoms with van der Waals surface area (Å²) in [6.07, 6.45) is 0.411. The molecule has 0 bridgehead atoms. The maximum absolute atomic E-state index is 13.7. The number of benzene rings is 2. The Hall–Kier alpha value is -1.45. The van der Waals surface area contributed by atoms with Gasteiger partial charge in [-0.05, 0) is 55.2 Å². The Morgan fingerprint density at radius 1 is 1.04 bits per heavy atom. The Bertz CT molecular complexity index is 755. The lowest BCUT2D eigenvalue weighted by Crippen LogP contribution is -2.29. The Morgan fingerprint density at radius 2 is 1.74 bits per heavy atom. The van der Waals surface area contributed by atoms with Crippen LogP contribution in [0, 0.1) is 11.6 Å². The third-order valence-electron chi connectivity index (χ3n) is 3.77. The number of rotatable bonds is 9. The normalized spacial score (nSPS) is 14.1. The predicted molar refractivity (Wildman–Crippen MR) is 97.6 cm³/mol. The first-order valence-electron chi connectivity index (χ1n) is 8.12. The molecule has 148 valence electrons. The van der Waals surface area contributed by atoms with Crippen LogP contribution in [0.25, 0.3) is 0 Å². The van der Waals surface area contributed by atoms with Crippen molar-refractivity contribution in [1.29, 1.82) is 0 Å². The lowest BCUT2D eigenvalue weighted by molar-refractivity contribution is -0.0338. The van der Waals surface area contributed by atoms with Crippen molar-refractivity contribution in [3.8, 4) is 0 Å². The van der Waals surface area contributed by atoms with Crippen LogP contribution in [0.2, 0.25) is 0 Å². The highest BCUT2D eigenvalue weighted by atomic mass is 32.2. The number of nitrogens with one attached hydrogen (secondary N) is 1. The maximum Gasteiger partial charge on any atom is 0.456 e. The van der Waals surface area contributed by atoms with Gasteiger partial charge in [-0.15, -0.1) is 0 Å². The molecular formula is C18H18F5NOS2. The molecule has 0 aliphatic heterocycles. The van der Waals surface area contributed by atoms with Crippen molar-refractivity contribution in [1.82, 2.24) is 4.72 Å². The van der Waals surface area contributed by atoms with Crippen molar-refractivity contribution in [3.63, 3.8) is 0 Å². The van der Waals surface area contributed by atoms with Crippen LogP contribution < -0.4 is 4.72 Å². The highest BCUT2D eigenvalue weighted by Gasteiger charge is 2.30. The third kappa shape index (κ3) is 7.98. The van der Waals surface area contributed by atoms with E-state index in [-0.39, 0.29) is 42.5 Å². The molecule has 2 nitrogen and oxygen atoms in total. The molecule has 0 saturated heterocycles. The molecule has 0 aromatic heterocycles. The molecule has 2 atom stereocenters. The molecule has 0 aliphatic rings. The van der Waals surface area contributed by atoms with Crippen LogP contribution in [0.5, 0.6) is 0 Å². The zero-order valence-corrected chi connectivity index (χ0v) is 15.8. The summed E-state index contributed by atoms with van der Waals surface area (Å²) in [5, 5.41) is 0. The van der Waals surface area contributed by atoms with E-state index in [0.717, 1.165) is 18.2 Å². The van der Waals surface area contributed by atoms with Gasteiger partial charge in [0.15, 0.2) is 0 Å². The predicted octanol–water partition coefficient (Wildman–Crippen LogP) is 5.22. The summed E-state index contributed by atoms with van der Waals surface area (Å²) >= 11 is -0.385. The number of hydrogen-bond donors (Lipinski definition) is 1. The summed E-state index contributed by atoms with van der Waals surface area (Å²) in [5.41, 5.74) is -4.37. The van der Waals surface area contributed by atoms with Crippen molar-refractivity contribution in [2.45, 2.75) is 35.7 Å². The highest BCUT2D eigenvalue weighted by Crippen LogP contribution is 2.29. The van der Waals surface area contributed by atoms with Crippen molar-refractivity contribution in [2.24, 2.45) is 0 Å². The first kappa shape index (κ1) is 21.8. The van der Waals surface area contributed by atoms with E-state index < -0.39 is 34.0 Å². The van der Waals surface area contributed by atoms with Gasteiger partial charge in [0.1, 0.15) is 11.6 Å². The van der Waals surface area contributed by atoms with Gasteiger partial charge in [0.2, 0.25) is 0 Å². The smallest absolute Gasteiger partial charge is 0.254 e. The van der Waals surface area contributed by atoms with Gasteiger partial charge in [-0.25, -0.2) is 8.78 Å². The summed E-state index contributed by atoms with van der Waals surface area (Å²) in [7, 11) is -1.35. The molecule has 2 rings (SSSR count). The summed E-state index contributed by atoms with van der Waals surface area (Å²) in [6, 6.07) is 11.0. The molecule has 1 N–H and O–H groups in total. The van der Waals surface area contributed by atoms with Gasteiger partial charge in [0.05, 0.1) is 10.8 Å². The molecule has 9 heteroatoms. The van der Waals surface area contributed by atoms with Gasteiger partial charge < -0.3 is 0 Å². The monoisotopic (exact) mass is 423 g/mol. The fourth-order valence-electron chi connectivity index (χ4n) is 2.42. The van der Waals surface area contributed by atoms with Crippen molar-refractivity contribution < 1.29 is 26.2 Å². The second-order valence-electron chi connectivity index (χ2n) is 5.79. The first-order chi connectivity index (χ1) is 12.7. The van der Waals surface area contributed by atoms with E-state index >= 15 is 0 Å². The molecular weight excluding hydrogens is 405 g/mol. The highest BCUT2D eigenvalue weighted by molar-refractivity contribution is 7.98. The Balaban J connectivity index is 1.97.